The molecule has 0 saturated carbocycles. The van der Waals surface area contributed by atoms with Crippen molar-refractivity contribution < 1.29 is 19.1 Å². The quantitative estimate of drug-likeness (QED) is 0.786. The second-order valence-electron chi connectivity index (χ2n) is 4.50. The van der Waals surface area contributed by atoms with E-state index in [2.05, 4.69) is 0 Å². The maximum Gasteiger partial charge on any atom is 0.344 e. The average Bonchev–Trinajstić information content (AvgIpc) is 2.64. The molecule has 0 aromatic rings. The van der Waals surface area contributed by atoms with Crippen LogP contribution in [0.4, 0.5) is 0 Å². The highest BCUT2D eigenvalue weighted by molar-refractivity contribution is 5.97. The third-order valence-corrected chi connectivity index (χ3v) is 3.11. The van der Waals surface area contributed by atoms with Crippen LogP contribution in [0.25, 0.3) is 11.3 Å². The van der Waals surface area contributed by atoms with E-state index in [9.17, 15) is 14.4 Å². The highest BCUT2D eigenvalue weighted by Crippen LogP contribution is 2.24. The summed E-state index contributed by atoms with van der Waals surface area (Å²) in [5, 5.41) is 0. The molecule has 0 unspecified atom stereocenters. The number of carbonyl (C=O) groups is 2. The second-order valence-corrected chi connectivity index (χ2v) is 4.50. The summed E-state index contributed by atoms with van der Waals surface area (Å²) in [5.74, 6) is -1.22. The highest BCUT2D eigenvalue weighted by Gasteiger charge is 2.26. The summed E-state index contributed by atoms with van der Waals surface area (Å²) in [6.45, 7) is 3.51. The fourth-order valence-electron chi connectivity index (χ4n) is 2.24. The van der Waals surface area contributed by atoms with Crippen LogP contribution < -0.4 is 5.56 Å². The molecule has 0 atom stereocenters. The molecule has 1 heterocycles. The van der Waals surface area contributed by atoms with E-state index in [0.717, 1.165) is 0 Å². The topological polar surface area (TPSA) is 74.6 Å². The first-order chi connectivity index (χ1) is 10.6. The molecule has 22 heavy (non-hydrogen) atoms. The lowest BCUT2D eigenvalue weighted by molar-refractivity contribution is -0.143. The molecule has 2 aliphatic rings. The number of nitrogens with zero attached hydrogens (tertiary/aromatic N) is 1. The molecule has 0 fully saturated rings. The van der Waals surface area contributed by atoms with Crippen LogP contribution in [0.1, 0.15) is 24.2 Å². The lowest BCUT2D eigenvalue weighted by Crippen LogP contribution is -2.25. The summed E-state index contributed by atoms with van der Waals surface area (Å²) >= 11 is 0. The van der Waals surface area contributed by atoms with Crippen LogP contribution in [0.3, 0.4) is 0 Å². The zero-order valence-corrected chi connectivity index (χ0v) is 12.5. The molecular weight excluding hydrogens is 286 g/mol. The standard InChI is InChI=1S/C16H17NO5/c1-3-21-13(18)10-17-12-9-7-5-6-8-11(12)14(15(17)19)16(20)22-4-2/h5-9H,3-4,10H2,1-2H3. The van der Waals surface area contributed by atoms with Gasteiger partial charge < -0.3 is 9.47 Å². The number of aromatic nitrogens is 1. The van der Waals surface area contributed by atoms with E-state index < -0.39 is 17.5 Å². The predicted molar refractivity (Wildman–Crippen MR) is 79.9 cm³/mol. The van der Waals surface area contributed by atoms with Gasteiger partial charge in [0, 0.05) is 5.56 Å². The summed E-state index contributed by atoms with van der Waals surface area (Å²) in [4.78, 5) is 36.2. The molecule has 6 heteroatoms. The summed E-state index contributed by atoms with van der Waals surface area (Å²) < 4.78 is 11.1. The minimum atomic E-state index is -0.689. The molecule has 2 rings (SSSR count). The molecule has 0 N–H and O–H groups in total. The normalized spacial score (nSPS) is 10.5. The first kappa shape index (κ1) is 15.8. The summed E-state index contributed by atoms with van der Waals surface area (Å²) in [6, 6.07) is 8.56. The molecule has 0 bridgehead atoms. The van der Waals surface area contributed by atoms with Crippen LogP contribution in [0, 0.1) is 0 Å². The molecule has 0 aromatic heterocycles. The van der Waals surface area contributed by atoms with Crippen molar-refractivity contribution in [2.45, 2.75) is 20.4 Å². The Balaban J connectivity index is 2.58. The van der Waals surface area contributed by atoms with Crippen molar-refractivity contribution >= 4 is 11.9 Å². The van der Waals surface area contributed by atoms with Crippen molar-refractivity contribution in [3.8, 4) is 11.3 Å². The third kappa shape index (κ3) is 3.00. The van der Waals surface area contributed by atoms with Gasteiger partial charge in [0.15, 0.2) is 0 Å². The molecule has 1 aliphatic heterocycles. The van der Waals surface area contributed by atoms with E-state index in [4.69, 9.17) is 9.47 Å². The molecule has 1 aliphatic carbocycles. The van der Waals surface area contributed by atoms with Crippen LogP contribution in [-0.4, -0.2) is 29.7 Å². The summed E-state index contributed by atoms with van der Waals surface area (Å²) in [7, 11) is 0. The molecule has 6 nitrogen and oxygen atoms in total. The van der Waals surface area contributed by atoms with Crippen LogP contribution in [-0.2, 0) is 20.8 Å². The zero-order chi connectivity index (χ0) is 16.1. The fraction of sp³-hybridized carbons (Fsp3) is 0.312. The van der Waals surface area contributed by atoms with Gasteiger partial charge in [-0.05, 0) is 19.9 Å². The van der Waals surface area contributed by atoms with Gasteiger partial charge in [-0.1, -0.05) is 24.3 Å². The van der Waals surface area contributed by atoms with Crippen LogP contribution in [0.5, 0.6) is 0 Å². The summed E-state index contributed by atoms with van der Waals surface area (Å²) in [5.41, 5.74) is 0.342. The SMILES string of the molecule is CCOC(=O)Cn1c2cccccc-2c(C(=O)OCC)c1=O. The fourth-order valence-corrected chi connectivity index (χ4v) is 2.24. The third-order valence-electron chi connectivity index (χ3n) is 3.11. The van der Waals surface area contributed by atoms with Crippen molar-refractivity contribution in [1.82, 2.24) is 4.57 Å². The van der Waals surface area contributed by atoms with E-state index >= 15 is 0 Å². The molecule has 0 saturated heterocycles. The van der Waals surface area contributed by atoms with Gasteiger partial charge in [-0.2, -0.15) is 0 Å². The van der Waals surface area contributed by atoms with E-state index in [-0.39, 0.29) is 25.3 Å². The van der Waals surface area contributed by atoms with Gasteiger partial charge in [0.1, 0.15) is 12.1 Å². The van der Waals surface area contributed by atoms with Crippen molar-refractivity contribution in [2.24, 2.45) is 0 Å². The Labute approximate surface area is 127 Å². The largest absolute Gasteiger partial charge is 0.465 e. The minimum absolute atomic E-state index is 0.0580. The van der Waals surface area contributed by atoms with E-state index in [1.54, 1.807) is 44.2 Å². The first-order valence-electron chi connectivity index (χ1n) is 7.04. The molecule has 116 valence electrons. The predicted octanol–water partition coefficient (Wildman–Crippen LogP) is 1.69. The van der Waals surface area contributed by atoms with Crippen LogP contribution in [0.2, 0.25) is 0 Å². The lowest BCUT2D eigenvalue weighted by Gasteiger charge is -2.05. The van der Waals surface area contributed by atoms with Gasteiger partial charge in [-0.3, -0.25) is 14.2 Å². The minimum Gasteiger partial charge on any atom is -0.465 e. The van der Waals surface area contributed by atoms with Gasteiger partial charge in [-0.25, -0.2) is 4.79 Å². The van der Waals surface area contributed by atoms with E-state index in [1.807, 2.05) is 0 Å². The van der Waals surface area contributed by atoms with E-state index in [1.165, 1.54) is 4.57 Å². The molecule has 0 radical (unpaired) electrons. The zero-order valence-electron chi connectivity index (χ0n) is 12.5. The highest BCUT2D eigenvalue weighted by atomic mass is 16.5. The Hall–Kier alpha value is -2.63. The number of rotatable bonds is 5. The first-order valence-corrected chi connectivity index (χ1v) is 7.04. The Bertz CT molecular complexity index is 719. The second kappa shape index (κ2) is 6.89. The van der Waals surface area contributed by atoms with Crippen molar-refractivity contribution in [1.29, 1.82) is 0 Å². The van der Waals surface area contributed by atoms with Gasteiger partial charge >= 0.3 is 11.9 Å². The number of hydrogen-bond donors (Lipinski definition) is 0. The van der Waals surface area contributed by atoms with Crippen molar-refractivity contribution in [3.05, 3.63) is 46.2 Å². The van der Waals surface area contributed by atoms with Gasteiger partial charge in [0.25, 0.3) is 5.56 Å². The maximum absolute atomic E-state index is 12.5. The van der Waals surface area contributed by atoms with Gasteiger partial charge in [0.05, 0.1) is 18.9 Å². The van der Waals surface area contributed by atoms with Crippen LogP contribution >= 0.6 is 0 Å². The number of esters is 2. The number of hydrogen-bond acceptors (Lipinski definition) is 5. The average molecular weight is 303 g/mol. The Kier molecular flexibility index (Phi) is 4.93. The van der Waals surface area contributed by atoms with Crippen LogP contribution in [0.15, 0.2) is 35.1 Å². The molecule has 0 aromatic carbocycles. The number of carbonyl (C=O) groups excluding carboxylic acids is 2. The van der Waals surface area contributed by atoms with E-state index in [0.29, 0.717) is 11.3 Å². The Morgan fingerprint density at radius 3 is 2.41 bits per heavy atom. The Morgan fingerprint density at radius 1 is 1.05 bits per heavy atom. The lowest BCUT2D eigenvalue weighted by atomic mass is 10.1. The number of ether oxygens (including phenoxy) is 2. The van der Waals surface area contributed by atoms with Crippen molar-refractivity contribution in [2.75, 3.05) is 13.2 Å². The maximum atomic E-state index is 12.5. The summed E-state index contributed by atoms with van der Waals surface area (Å²) in [6.07, 6.45) is 0. The van der Waals surface area contributed by atoms with Gasteiger partial charge in [-0.15, -0.1) is 0 Å². The monoisotopic (exact) mass is 303 g/mol. The van der Waals surface area contributed by atoms with Crippen molar-refractivity contribution in [3.63, 3.8) is 0 Å². The molecule has 0 amide bonds. The Morgan fingerprint density at radius 2 is 1.73 bits per heavy atom. The smallest absolute Gasteiger partial charge is 0.344 e. The number of fused-ring (bicyclic) bond motifs is 1. The molecule has 0 spiro atoms. The molecular formula is C16H17NO5. The van der Waals surface area contributed by atoms with Gasteiger partial charge in [0.2, 0.25) is 0 Å².